The molecule has 0 aliphatic carbocycles. The summed E-state index contributed by atoms with van der Waals surface area (Å²) < 4.78 is 0. The highest BCUT2D eigenvalue weighted by Crippen LogP contribution is 2.50. The van der Waals surface area contributed by atoms with Crippen LogP contribution in [0.4, 0.5) is 11.4 Å². The zero-order valence-electron chi connectivity index (χ0n) is 11.0. The topological polar surface area (TPSA) is 18.5 Å². The number of para-hydroxylation sites is 1. The maximum atomic E-state index is 3.56. The summed E-state index contributed by atoms with van der Waals surface area (Å²) in [6.07, 6.45) is 2.59. The van der Waals surface area contributed by atoms with Crippen LogP contribution >= 0.6 is 0 Å². The highest BCUT2D eigenvalue weighted by molar-refractivity contribution is 5.80. The summed E-state index contributed by atoms with van der Waals surface area (Å²) in [7, 11) is 2.22. The predicted octanol–water partition coefficient (Wildman–Crippen LogP) is 1.79. The molecule has 1 N–H and O–H groups in total. The van der Waals surface area contributed by atoms with Gasteiger partial charge in [0.25, 0.3) is 0 Å². The number of fused-ring (bicyclic) bond motifs is 3. The molecule has 3 nitrogen and oxygen atoms in total. The molecule has 3 aliphatic heterocycles. The molecule has 3 heteroatoms. The first kappa shape index (κ1) is 10.7. The van der Waals surface area contributed by atoms with E-state index >= 15 is 0 Å². The number of hydrogen-bond donors (Lipinski definition) is 1. The maximum Gasteiger partial charge on any atom is 0.0643 e. The Hall–Kier alpha value is -1.22. The summed E-state index contributed by atoms with van der Waals surface area (Å²) in [5, 5.41) is 3.56. The summed E-state index contributed by atoms with van der Waals surface area (Å²) >= 11 is 0. The van der Waals surface area contributed by atoms with Crippen LogP contribution in [0.15, 0.2) is 18.2 Å². The first-order valence-corrected chi connectivity index (χ1v) is 7.17. The third-order valence-electron chi connectivity index (χ3n) is 4.93. The monoisotopic (exact) mass is 243 g/mol. The molecule has 4 rings (SSSR count). The van der Waals surface area contributed by atoms with Crippen LogP contribution in [0.25, 0.3) is 0 Å². The van der Waals surface area contributed by atoms with Crippen LogP contribution in [0.2, 0.25) is 0 Å². The quantitative estimate of drug-likeness (QED) is 0.749. The largest absolute Gasteiger partial charge is 0.371 e. The van der Waals surface area contributed by atoms with Crippen molar-refractivity contribution in [3.63, 3.8) is 0 Å². The van der Waals surface area contributed by atoms with Gasteiger partial charge in [-0.1, -0.05) is 12.1 Å². The third kappa shape index (κ3) is 1.34. The van der Waals surface area contributed by atoms with E-state index in [1.807, 2.05) is 0 Å². The smallest absolute Gasteiger partial charge is 0.0643 e. The Morgan fingerprint density at radius 2 is 2.06 bits per heavy atom. The normalized spacial score (nSPS) is 29.8. The molecule has 1 saturated heterocycles. The van der Waals surface area contributed by atoms with Crippen molar-refractivity contribution in [3.05, 3.63) is 23.8 Å². The van der Waals surface area contributed by atoms with Crippen molar-refractivity contribution < 1.29 is 0 Å². The number of nitrogens with zero attached hydrogens (tertiary/aromatic N) is 2. The van der Waals surface area contributed by atoms with Gasteiger partial charge in [-0.05, 0) is 37.6 Å². The van der Waals surface area contributed by atoms with Crippen molar-refractivity contribution in [2.75, 3.05) is 43.0 Å². The summed E-state index contributed by atoms with van der Waals surface area (Å²) in [5.41, 5.74) is 4.59. The molecule has 0 amide bonds. The molecule has 0 bridgehead atoms. The Balaban J connectivity index is 1.86. The number of rotatable bonds is 0. The van der Waals surface area contributed by atoms with Crippen LogP contribution < -0.4 is 15.1 Å². The Morgan fingerprint density at radius 3 is 3.00 bits per heavy atom. The van der Waals surface area contributed by atoms with Gasteiger partial charge >= 0.3 is 0 Å². The second-order valence-electron chi connectivity index (χ2n) is 5.83. The van der Waals surface area contributed by atoms with Crippen LogP contribution in [0.5, 0.6) is 0 Å². The molecule has 1 fully saturated rings. The van der Waals surface area contributed by atoms with Crippen LogP contribution in [0.3, 0.4) is 0 Å². The lowest BCUT2D eigenvalue weighted by atomic mass is 9.91. The van der Waals surface area contributed by atoms with Crippen molar-refractivity contribution in [2.45, 2.75) is 24.8 Å². The molecule has 1 aromatic carbocycles. The number of anilines is 2. The fourth-order valence-corrected chi connectivity index (χ4v) is 4.05. The molecule has 3 aliphatic rings. The van der Waals surface area contributed by atoms with E-state index in [0.29, 0.717) is 0 Å². The standard InChI is InChI=1S/C15H21N3/c1-17-9-10-18-13-6-8-16-7-5-11(13)12-3-2-4-14(17)15(12)18/h2-4,11,13,16H,5-10H2,1H3/t11-,13-/m0/s1. The first-order valence-electron chi connectivity index (χ1n) is 7.17. The van der Waals surface area contributed by atoms with Gasteiger partial charge in [-0.3, -0.25) is 0 Å². The van der Waals surface area contributed by atoms with Gasteiger partial charge < -0.3 is 15.1 Å². The summed E-state index contributed by atoms with van der Waals surface area (Å²) in [4.78, 5) is 5.11. The number of likely N-dealkylation sites (N-methyl/N-ethyl adjacent to an activating group) is 1. The van der Waals surface area contributed by atoms with E-state index in [1.165, 1.54) is 38.2 Å². The fraction of sp³-hybridized carbons (Fsp3) is 0.600. The summed E-state index contributed by atoms with van der Waals surface area (Å²) in [6, 6.07) is 7.63. The van der Waals surface area contributed by atoms with E-state index in [9.17, 15) is 0 Å². The van der Waals surface area contributed by atoms with E-state index in [4.69, 9.17) is 0 Å². The van der Waals surface area contributed by atoms with Gasteiger partial charge in [-0.15, -0.1) is 0 Å². The maximum absolute atomic E-state index is 3.56. The summed E-state index contributed by atoms with van der Waals surface area (Å²) in [6.45, 7) is 4.71. The number of hydrogen-bond acceptors (Lipinski definition) is 3. The van der Waals surface area contributed by atoms with E-state index in [0.717, 1.165) is 18.5 Å². The van der Waals surface area contributed by atoms with Gasteiger partial charge in [0.15, 0.2) is 0 Å². The molecular weight excluding hydrogens is 222 g/mol. The molecular formula is C15H21N3. The molecule has 18 heavy (non-hydrogen) atoms. The van der Waals surface area contributed by atoms with E-state index in [1.54, 1.807) is 11.3 Å². The average Bonchev–Trinajstić information content (AvgIpc) is 2.57. The van der Waals surface area contributed by atoms with Crippen LogP contribution in [0, 0.1) is 0 Å². The van der Waals surface area contributed by atoms with Crippen molar-refractivity contribution in [1.82, 2.24) is 5.32 Å². The molecule has 96 valence electrons. The fourth-order valence-electron chi connectivity index (χ4n) is 4.05. The highest BCUT2D eigenvalue weighted by atomic mass is 15.3. The van der Waals surface area contributed by atoms with E-state index < -0.39 is 0 Å². The van der Waals surface area contributed by atoms with E-state index in [-0.39, 0.29) is 0 Å². The molecule has 0 aromatic heterocycles. The lowest BCUT2D eigenvalue weighted by molar-refractivity contribution is 0.508. The number of nitrogens with one attached hydrogen (secondary N) is 1. The minimum absolute atomic E-state index is 0.741. The molecule has 0 saturated carbocycles. The lowest BCUT2D eigenvalue weighted by Gasteiger charge is -2.38. The Bertz CT molecular complexity index is 471. The van der Waals surface area contributed by atoms with Gasteiger partial charge in [0.05, 0.1) is 11.4 Å². The third-order valence-corrected chi connectivity index (χ3v) is 4.93. The zero-order chi connectivity index (χ0) is 12.1. The predicted molar refractivity (Wildman–Crippen MR) is 75.7 cm³/mol. The van der Waals surface area contributed by atoms with Crippen molar-refractivity contribution in [1.29, 1.82) is 0 Å². The van der Waals surface area contributed by atoms with Gasteiger partial charge in [0.2, 0.25) is 0 Å². The van der Waals surface area contributed by atoms with Gasteiger partial charge in [0.1, 0.15) is 0 Å². The second kappa shape index (κ2) is 3.89. The SMILES string of the molecule is CN1CCN2c3c(cccc31)[C@@H]1CCNCC[C@@H]12. The molecule has 0 radical (unpaired) electrons. The molecule has 1 aromatic rings. The van der Waals surface area contributed by atoms with Gasteiger partial charge in [0, 0.05) is 32.1 Å². The van der Waals surface area contributed by atoms with E-state index in [2.05, 4.69) is 40.4 Å². The van der Waals surface area contributed by atoms with Crippen LogP contribution in [-0.4, -0.2) is 39.3 Å². The van der Waals surface area contributed by atoms with Gasteiger partial charge in [-0.2, -0.15) is 0 Å². The highest BCUT2D eigenvalue weighted by Gasteiger charge is 2.41. The van der Waals surface area contributed by atoms with Crippen LogP contribution in [-0.2, 0) is 0 Å². The molecule has 0 unspecified atom stereocenters. The van der Waals surface area contributed by atoms with Crippen molar-refractivity contribution in [3.8, 4) is 0 Å². The summed E-state index contributed by atoms with van der Waals surface area (Å²) in [5.74, 6) is 0.751. The average molecular weight is 243 g/mol. The Morgan fingerprint density at radius 1 is 1.17 bits per heavy atom. The second-order valence-corrected chi connectivity index (χ2v) is 5.83. The van der Waals surface area contributed by atoms with Crippen molar-refractivity contribution >= 4 is 11.4 Å². The lowest BCUT2D eigenvalue weighted by Crippen LogP contribution is -2.43. The number of benzene rings is 1. The van der Waals surface area contributed by atoms with Crippen LogP contribution in [0.1, 0.15) is 24.3 Å². The Kier molecular flexibility index (Phi) is 2.31. The minimum atomic E-state index is 0.741. The van der Waals surface area contributed by atoms with Crippen molar-refractivity contribution in [2.24, 2.45) is 0 Å². The zero-order valence-corrected chi connectivity index (χ0v) is 11.0. The molecule has 3 heterocycles. The Labute approximate surface area is 109 Å². The molecule has 2 atom stereocenters. The first-order chi connectivity index (χ1) is 8.86. The molecule has 0 spiro atoms. The van der Waals surface area contributed by atoms with Gasteiger partial charge in [-0.25, -0.2) is 0 Å². The minimum Gasteiger partial charge on any atom is -0.371 e.